The van der Waals surface area contributed by atoms with Crippen molar-refractivity contribution in [1.82, 2.24) is 15.1 Å². The lowest BCUT2D eigenvalue weighted by atomic mass is 9.69. The monoisotopic (exact) mass is 389 g/mol. The van der Waals surface area contributed by atoms with E-state index in [1.807, 2.05) is 26.6 Å². The molecule has 2 aliphatic carbocycles. The van der Waals surface area contributed by atoms with Crippen molar-refractivity contribution in [3.05, 3.63) is 22.4 Å². The van der Waals surface area contributed by atoms with Gasteiger partial charge in [-0.15, -0.1) is 0 Å². The smallest absolute Gasteiger partial charge is 0.317 e. The standard InChI is InChI=1S/C21H31N3O2S/c1-20(2)16-5-7-21(20,3)17(13-16)22-19(26)24-9-4-8-23(10-11-24)18(25)15-6-12-27-14-15/h6,12,14,16-17H,4-5,7-11,13H2,1-3H3,(H,22,26)/t16-,17+,21-/m0/s1. The highest BCUT2D eigenvalue weighted by atomic mass is 32.1. The fraction of sp³-hybridized carbons (Fsp3) is 0.714. The Balaban J connectivity index is 1.36. The third-order valence-corrected chi connectivity index (χ3v) is 8.61. The first kappa shape index (κ1) is 18.8. The lowest BCUT2D eigenvalue weighted by Crippen LogP contribution is -2.52. The van der Waals surface area contributed by atoms with Gasteiger partial charge in [-0.05, 0) is 53.9 Å². The minimum atomic E-state index is 0.0504. The van der Waals surface area contributed by atoms with Gasteiger partial charge in [-0.3, -0.25) is 4.79 Å². The van der Waals surface area contributed by atoms with Crippen LogP contribution in [0.2, 0.25) is 0 Å². The Morgan fingerprint density at radius 3 is 2.52 bits per heavy atom. The van der Waals surface area contributed by atoms with E-state index in [0.29, 0.717) is 25.0 Å². The summed E-state index contributed by atoms with van der Waals surface area (Å²) in [4.78, 5) is 29.3. The van der Waals surface area contributed by atoms with E-state index < -0.39 is 0 Å². The van der Waals surface area contributed by atoms with E-state index in [4.69, 9.17) is 0 Å². The number of hydrogen-bond donors (Lipinski definition) is 1. The largest absolute Gasteiger partial charge is 0.337 e. The number of carbonyl (C=O) groups is 2. The molecule has 0 aromatic carbocycles. The molecule has 148 valence electrons. The Hall–Kier alpha value is -1.56. The summed E-state index contributed by atoms with van der Waals surface area (Å²) in [5.74, 6) is 0.802. The molecule has 0 spiro atoms. The van der Waals surface area contributed by atoms with Crippen molar-refractivity contribution < 1.29 is 9.59 Å². The molecule has 0 radical (unpaired) electrons. The maximum Gasteiger partial charge on any atom is 0.317 e. The van der Waals surface area contributed by atoms with Gasteiger partial charge in [0.1, 0.15) is 0 Å². The summed E-state index contributed by atoms with van der Waals surface area (Å²) in [5, 5.41) is 7.19. The Morgan fingerprint density at radius 1 is 1.15 bits per heavy atom. The maximum atomic E-state index is 13.0. The van der Waals surface area contributed by atoms with Gasteiger partial charge < -0.3 is 15.1 Å². The second kappa shape index (κ2) is 6.80. The normalized spacial score (nSPS) is 32.4. The van der Waals surface area contributed by atoms with Crippen molar-refractivity contribution in [2.24, 2.45) is 16.7 Å². The number of urea groups is 1. The number of nitrogens with one attached hydrogen (secondary N) is 1. The first-order valence-electron chi connectivity index (χ1n) is 10.2. The van der Waals surface area contributed by atoms with Gasteiger partial charge in [0.15, 0.2) is 0 Å². The topological polar surface area (TPSA) is 52.7 Å². The summed E-state index contributed by atoms with van der Waals surface area (Å²) >= 11 is 1.54. The fourth-order valence-electron chi connectivity index (χ4n) is 5.55. The molecule has 5 nitrogen and oxygen atoms in total. The Bertz CT molecular complexity index is 717. The van der Waals surface area contributed by atoms with Crippen LogP contribution >= 0.6 is 11.3 Å². The van der Waals surface area contributed by atoms with Crippen molar-refractivity contribution in [2.45, 2.75) is 52.5 Å². The number of amides is 3. The van der Waals surface area contributed by atoms with E-state index in [-0.39, 0.29) is 23.4 Å². The van der Waals surface area contributed by atoms with Crippen molar-refractivity contribution in [3.63, 3.8) is 0 Å². The summed E-state index contributed by atoms with van der Waals surface area (Å²) in [6.45, 7) is 9.75. The van der Waals surface area contributed by atoms with Crippen LogP contribution in [0.15, 0.2) is 16.8 Å². The molecule has 1 aromatic heterocycles. The number of carbonyl (C=O) groups excluding carboxylic acids is 2. The molecule has 6 heteroatoms. The molecule has 27 heavy (non-hydrogen) atoms. The molecule has 3 fully saturated rings. The molecule has 0 unspecified atom stereocenters. The molecule has 2 bridgehead atoms. The van der Waals surface area contributed by atoms with Crippen LogP contribution in [-0.4, -0.2) is 54.0 Å². The van der Waals surface area contributed by atoms with Crippen LogP contribution in [0.3, 0.4) is 0 Å². The van der Waals surface area contributed by atoms with Crippen LogP contribution < -0.4 is 5.32 Å². The van der Waals surface area contributed by atoms with E-state index in [2.05, 4.69) is 26.1 Å². The van der Waals surface area contributed by atoms with Gasteiger partial charge in [0.25, 0.3) is 5.91 Å². The van der Waals surface area contributed by atoms with Gasteiger partial charge in [0.05, 0.1) is 5.56 Å². The molecule has 1 N–H and O–H groups in total. The molecule has 2 saturated carbocycles. The maximum absolute atomic E-state index is 13.0. The van der Waals surface area contributed by atoms with E-state index in [1.54, 1.807) is 11.3 Å². The number of thiophene rings is 1. The molecule has 3 atom stereocenters. The Morgan fingerprint density at radius 2 is 1.89 bits per heavy atom. The van der Waals surface area contributed by atoms with Gasteiger partial charge in [0, 0.05) is 37.6 Å². The molecule has 3 amide bonds. The molecular formula is C21H31N3O2S. The number of nitrogens with zero attached hydrogens (tertiary/aromatic N) is 2. The second-order valence-corrected chi connectivity index (χ2v) is 10.0. The molecule has 4 rings (SSSR count). The summed E-state index contributed by atoms with van der Waals surface area (Å²) in [6, 6.07) is 2.19. The number of rotatable bonds is 2. The highest BCUT2D eigenvalue weighted by molar-refractivity contribution is 7.08. The van der Waals surface area contributed by atoms with Crippen molar-refractivity contribution in [2.75, 3.05) is 26.2 Å². The van der Waals surface area contributed by atoms with Crippen molar-refractivity contribution in [1.29, 1.82) is 0 Å². The third-order valence-electron chi connectivity index (χ3n) is 7.93. The average molecular weight is 390 g/mol. The van der Waals surface area contributed by atoms with E-state index >= 15 is 0 Å². The van der Waals surface area contributed by atoms with Crippen molar-refractivity contribution >= 4 is 23.3 Å². The zero-order chi connectivity index (χ0) is 19.2. The summed E-state index contributed by atoms with van der Waals surface area (Å²) in [5.41, 5.74) is 1.25. The first-order chi connectivity index (χ1) is 12.8. The molecule has 1 saturated heterocycles. The van der Waals surface area contributed by atoms with Gasteiger partial charge in [-0.25, -0.2) is 4.79 Å². The summed E-state index contributed by atoms with van der Waals surface area (Å²) < 4.78 is 0. The molecular weight excluding hydrogens is 358 g/mol. The second-order valence-electron chi connectivity index (χ2n) is 9.26. The minimum Gasteiger partial charge on any atom is -0.337 e. The SMILES string of the molecule is CC1(C)[C@H]2CC[C@@]1(C)[C@H](NC(=O)N1CCCN(C(=O)c3ccsc3)CC1)C2. The molecule has 1 aromatic rings. The van der Waals surface area contributed by atoms with Gasteiger partial charge in [0.2, 0.25) is 0 Å². The minimum absolute atomic E-state index is 0.0504. The fourth-order valence-corrected chi connectivity index (χ4v) is 6.18. The van der Waals surface area contributed by atoms with Crippen LogP contribution in [0, 0.1) is 16.7 Å². The highest BCUT2D eigenvalue weighted by Crippen LogP contribution is 2.65. The van der Waals surface area contributed by atoms with Crippen LogP contribution in [0.25, 0.3) is 0 Å². The van der Waals surface area contributed by atoms with Crippen molar-refractivity contribution in [3.8, 4) is 0 Å². The van der Waals surface area contributed by atoms with Crippen LogP contribution in [0.5, 0.6) is 0 Å². The van der Waals surface area contributed by atoms with Gasteiger partial charge >= 0.3 is 6.03 Å². The lowest BCUT2D eigenvalue weighted by Gasteiger charge is -2.40. The third kappa shape index (κ3) is 3.06. The summed E-state index contributed by atoms with van der Waals surface area (Å²) in [7, 11) is 0. The zero-order valence-electron chi connectivity index (χ0n) is 16.7. The molecule has 3 aliphatic rings. The Kier molecular flexibility index (Phi) is 4.73. The van der Waals surface area contributed by atoms with E-state index in [0.717, 1.165) is 30.9 Å². The van der Waals surface area contributed by atoms with Gasteiger partial charge in [-0.1, -0.05) is 20.8 Å². The molecule has 1 aliphatic heterocycles. The quantitative estimate of drug-likeness (QED) is 0.836. The Labute approximate surface area is 166 Å². The summed E-state index contributed by atoms with van der Waals surface area (Å²) in [6.07, 6.45) is 4.43. The highest BCUT2D eigenvalue weighted by Gasteiger charge is 2.61. The lowest BCUT2D eigenvalue weighted by molar-refractivity contribution is 0.0762. The van der Waals surface area contributed by atoms with E-state index in [1.165, 1.54) is 12.8 Å². The molecule has 2 heterocycles. The number of fused-ring (bicyclic) bond motifs is 2. The predicted octanol–water partition coefficient (Wildman–Crippen LogP) is 3.82. The van der Waals surface area contributed by atoms with Gasteiger partial charge in [-0.2, -0.15) is 11.3 Å². The predicted molar refractivity (Wildman–Crippen MR) is 108 cm³/mol. The van der Waals surface area contributed by atoms with Crippen LogP contribution in [-0.2, 0) is 0 Å². The van der Waals surface area contributed by atoms with Crippen LogP contribution in [0.1, 0.15) is 56.8 Å². The number of hydrogen-bond acceptors (Lipinski definition) is 3. The van der Waals surface area contributed by atoms with E-state index in [9.17, 15) is 9.59 Å². The van der Waals surface area contributed by atoms with Crippen LogP contribution in [0.4, 0.5) is 4.79 Å². The zero-order valence-corrected chi connectivity index (χ0v) is 17.5. The average Bonchev–Trinajstić information content (AvgIpc) is 3.20. The first-order valence-corrected chi connectivity index (χ1v) is 11.1.